The second-order valence-corrected chi connectivity index (χ2v) is 10.5. The molecule has 3 aromatic carbocycles. The van der Waals surface area contributed by atoms with E-state index in [4.69, 9.17) is 9.72 Å². The monoisotopic (exact) mass is 510 g/mol. The van der Waals surface area contributed by atoms with Crippen LogP contribution in [0.2, 0.25) is 0 Å². The molecule has 2 aromatic heterocycles. The van der Waals surface area contributed by atoms with E-state index < -0.39 is 0 Å². The van der Waals surface area contributed by atoms with Crippen LogP contribution in [0.15, 0.2) is 116 Å². The van der Waals surface area contributed by atoms with Crippen LogP contribution >= 0.6 is 0 Å². The molecule has 192 valence electrons. The SMILES string of the molecule is CC(C)c1ccnc(-n2c3ccccc3c3ccc(Oc4cccc(C5=CN(C)C6C=CC=CN56)c4)cc32)c1. The number of fused-ring (bicyclic) bond motifs is 4. The first kappa shape index (κ1) is 23.4. The molecule has 39 heavy (non-hydrogen) atoms. The second-order valence-electron chi connectivity index (χ2n) is 10.5. The molecule has 0 N–H and O–H groups in total. The van der Waals surface area contributed by atoms with Crippen molar-refractivity contribution >= 4 is 27.5 Å². The zero-order chi connectivity index (χ0) is 26.5. The van der Waals surface area contributed by atoms with E-state index in [0.717, 1.165) is 39.6 Å². The molecular weight excluding hydrogens is 480 g/mol. The number of para-hydroxylation sites is 1. The predicted molar refractivity (Wildman–Crippen MR) is 159 cm³/mol. The van der Waals surface area contributed by atoms with Gasteiger partial charge in [0, 0.05) is 48.0 Å². The largest absolute Gasteiger partial charge is 0.457 e. The Labute approximate surface area is 228 Å². The number of aromatic nitrogens is 2. The molecule has 0 saturated heterocycles. The molecule has 7 rings (SSSR count). The minimum absolute atomic E-state index is 0.210. The van der Waals surface area contributed by atoms with Gasteiger partial charge in [-0.05, 0) is 66.1 Å². The summed E-state index contributed by atoms with van der Waals surface area (Å²) >= 11 is 0. The van der Waals surface area contributed by atoms with Gasteiger partial charge in [0.1, 0.15) is 23.5 Å². The number of hydrogen-bond donors (Lipinski definition) is 0. The lowest BCUT2D eigenvalue weighted by atomic mass is 10.1. The molecule has 5 nitrogen and oxygen atoms in total. The van der Waals surface area contributed by atoms with Crippen LogP contribution in [0.3, 0.4) is 0 Å². The average molecular weight is 511 g/mol. The summed E-state index contributed by atoms with van der Waals surface area (Å²) in [5.74, 6) is 2.94. The number of pyridine rings is 1. The molecule has 5 heteroatoms. The summed E-state index contributed by atoms with van der Waals surface area (Å²) < 4.78 is 8.72. The van der Waals surface area contributed by atoms with Crippen molar-refractivity contribution in [2.24, 2.45) is 0 Å². The van der Waals surface area contributed by atoms with Gasteiger partial charge in [-0.3, -0.25) is 4.57 Å². The molecule has 2 aliphatic heterocycles. The van der Waals surface area contributed by atoms with E-state index in [0.29, 0.717) is 5.92 Å². The average Bonchev–Trinajstić information content (AvgIpc) is 3.48. The lowest BCUT2D eigenvalue weighted by Crippen LogP contribution is -2.33. The van der Waals surface area contributed by atoms with Crippen molar-refractivity contribution in [3.8, 4) is 17.3 Å². The van der Waals surface area contributed by atoms with Crippen molar-refractivity contribution in [2.75, 3.05) is 7.05 Å². The summed E-state index contributed by atoms with van der Waals surface area (Å²) in [5.41, 5.74) is 5.75. The fourth-order valence-electron chi connectivity index (χ4n) is 5.63. The van der Waals surface area contributed by atoms with Crippen LogP contribution in [0.1, 0.15) is 30.9 Å². The Morgan fingerprint density at radius 3 is 2.56 bits per heavy atom. The first-order valence-corrected chi connectivity index (χ1v) is 13.4. The van der Waals surface area contributed by atoms with Crippen molar-refractivity contribution in [1.82, 2.24) is 19.4 Å². The Hall–Kier alpha value is -4.77. The molecule has 5 aromatic rings. The van der Waals surface area contributed by atoms with Gasteiger partial charge in [-0.15, -0.1) is 0 Å². The highest BCUT2D eigenvalue weighted by Crippen LogP contribution is 2.37. The number of allylic oxidation sites excluding steroid dienone is 2. The highest BCUT2D eigenvalue weighted by molar-refractivity contribution is 6.09. The Balaban J connectivity index is 1.29. The molecule has 0 saturated carbocycles. The van der Waals surface area contributed by atoms with Crippen LogP contribution in [0.4, 0.5) is 0 Å². The number of hydrogen-bond acceptors (Lipinski definition) is 4. The molecule has 0 amide bonds. The smallest absolute Gasteiger partial charge is 0.137 e. The second kappa shape index (κ2) is 9.21. The van der Waals surface area contributed by atoms with Crippen LogP contribution in [0, 0.1) is 0 Å². The fraction of sp³-hybridized carbons (Fsp3) is 0.147. The van der Waals surface area contributed by atoms with Crippen LogP contribution in [0.25, 0.3) is 33.3 Å². The summed E-state index contributed by atoms with van der Waals surface area (Å²) in [6.07, 6.45) is 12.8. The number of ether oxygens (including phenoxy) is 1. The zero-order valence-corrected chi connectivity index (χ0v) is 22.3. The molecule has 0 radical (unpaired) electrons. The molecule has 0 fully saturated rings. The van der Waals surface area contributed by atoms with Gasteiger partial charge in [-0.1, -0.05) is 50.3 Å². The van der Waals surface area contributed by atoms with E-state index >= 15 is 0 Å². The van der Waals surface area contributed by atoms with Crippen molar-refractivity contribution in [2.45, 2.75) is 25.9 Å². The van der Waals surface area contributed by atoms with Gasteiger partial charge in [-0.2, -0.15) is 0 Å². The van der Waals surface area contributed by atoms with Crippen LogP contribution in [0.5, 0.6) is 11.5 Å². The fourth-order valence-corrected chi connectivity index (χ4v) is 5.63. The van der Waals surface area contributed by atoms with Crippen LogP contribution < -0.4 is 4.74 Å². The maximum absolute atomic E-state index is 6.47. The summed E-state index contributed by atoms with van der Waals surface area (Å²) in [6, 6.07) is 27.5. The highest BCUT2D eigenvalue weighted by Gasteiger charge is 2.28. The van der Waals surface area contributed by atoms with E-state index in [1.165, 1.54) is 16.3 Å². The quantitative estimate of drug-likeness (QED) is 0.240. The number of nitrogens with zero attached hydrogens (tertiary/aromatic N) is 4. The van der Waals surface area contributed by atoms with E-state index in [2.05, 4.69) is 139 Å². The molecule has 1 unspecified atom stereocenters. The van der Waals surface area contributed by atoms with Gasteiger partial charge in [-0.25, -0.2) is 4.98 Å². The van der Waals surface area contributed by atoms with Crippen molar-refractivity contribution in [3.63, 3.8) is 0 Å². The van der Waals surface area contributed by atoms with Crippen LogP contribution in [-0.2, 0) is 0 Å². The number of likely N-dealkylation sites (N-methyl/N-ethyl adjacent to an activating group) is 1. The van der Waals surface area contributed by atoms with Crippen LogP contribution in [-0.4, -0.2) is 32.6 Å². The number of rotatable bonds is 5. The normalized spacial score (nSPS) is 16.4. The van der Waals surface area contributed by atoms with E-state index in [1.54, 1.807) is 0 Å². The summed E-state index contributed by atoms with van der Waals surface area (Å²) in [4.78, 5) is 9.27. The standard InChI is InChI=1S/C34H30N4O/c1-23(2)24-16-17-35-33(20-24)38-30-12-5-4-11-28(30)29-15-14-27(21-31(29)38)39-26-10-8-9-25(19-26)32-22-36(3)34-13-6-7-18-37(32)34/h4-23,34H,1-3H3. The molecule has 0 aliphatic carbocycles. The molecule has 2 aliphatic rings. The maximum Gasteiger partial charge on any atom is 0.137 e. The lowest BCUT2D eigenvalue weighted by molar-refractivity contribution is 0.282. The zero-order valence-electron chi connectivity index (χ0n) is 22.3. The van der Waals surface area contributed by atoms with Gasteiger partial charge < -0.3 is 14.5 Å². The van der Waals surface area contributed by atoms with Gasteiger partial charge in [0.2, 0.25) is 0 Å². The summed E-state index contributed by atoms with van der Waals surface area (Å²) in [7, 11) is 2.11. The minimum atomic E-state index is 0.210. The first-order valence-electron chi connectivity index (χ1n) is 13.4. The molecule has 1 atom stereocenters. The lowest BCUT2D eigenvalue weighted by Gasteiger charge is -2.29. The molecule has 0 spiro atoms. The minimum Gasteiger partial charge on any atom is -0.457 e. The highest BCUT2D eigenvalue weighted by atomic mass is 16.5. The third kappa shape index (κ3) is 3.98. The van der Waals surface area contributed by atoms with Gasteiger partial charge in [0.05, 0.1) is 16.7 Å². The Bertz CT molecular complexity index is 1810. The van der Waals surface area contributed by atoms with E-state index in [-0.39, 0.29) is 6.17 Å². The van der Waals surface area contributed by atoms with E-state index in [1.807, 2.05) is 12.3 Å². The third-order valence-electron chi connectivity index (χ3n) is 7.62. The van der Waals surface area contributed by atoms with Gasteiger partial charge >= 0.3 is 0 Å². The number of benzene rings is 3. The topological polar surface area (TPSA) is 33.5 Å². The van der Waals surface area contributed by atoms with Crippen molar-refractivity contribution < 1.29 is 4.74 Å². The maximum atomic E-state index is 6.47. The Kier molecular flexibility index (Phi) is 5.51. The van der Waals surface area contributed by atoms with Crippen molar-refractivity contribution in [1.29, 1.82) is 0 Å². The van der Waals surface area contributed by atoms with Gasteiger partial charge in [0.15, 0.2) is 0 Å². The third-order valence-corrected chi connectivity index (χ3v) is 7.62. The first-order chi connectivity index (χ1) is 19.1. The Morgan fingerprint density at radius 1 is 0.821 bits per heavy atom. The van der Waals surface area contributed by atoms with E-state index in [9.17, 15) is 0 Å². The predicted octanol–water partition coefficient (Wildman–Crippen LogP) is 8.05. The Morgan fingerprint density at radius 2 is 1.67 bits per heavy atom. The van der Waals surface area contributed by atoms with Crippen molar-refractivity contribution in [3.05, 3.63) is 127 Å². The van der Waals surface area contributed by atoms with Gasteiger partial charge in [0.25, 0.3) is 0 Å². The molecule has 0 bridgehead atoms. The summed E-state index contributed by atoms with van der Waals surface area (Å²) in [5, 5.41) is 2.38. The molecule has 4 heterocycles. The molecular formula is C34H30N4O. The summed E-state index contributed by atoms with van der Waals surface area (Å²) in [6.45, 7) is 4.42.